The molecule has 0 unspecified atom stereocenters. The van der Waals surface area contributed by atoms with Crippen molar-refractivity contribution in [3.63, 3.8) is 0 Å². The topological polar surface area (TPSA) is 18.5 Å². The zero-order valence-electron chi connectivity index (χ0n) is 11.0. The largest absolute Gasteiger partial charge is 0.409 e. The molecule has 1 radical (unpaired) electrons. The van der Waals surface area contributed by atoms with Crippen LogP contribution < -0.4 is 5.19 Å². The Morgan fingerprint density at radius 2 is 1.78 bits per heavy atom. The summed E-state index contributed by atoms with van der Waals surface area (Å²) >= 11 is 0. The van der Waals surface area contributed by atoms with E-state index in [1.54, 1.807) is 7.11 Å². The van der Waals surface area contributed by atoms with E-state index in [0.29, 0.717) is 13.2 Å². The van der Waals surface area contributed by atoms with Crippen LogP contribution >= 0.6 is 0 Å². The number of methoxy groups -OCH3 is 1. The Bertz CT molecular complexity index is 493. The highest BCUT2D eigenvalue weighted by Crippen LogP contribution is 2.13. The van der Waals surface area contributed by atoms with Gasteiger partial charge in [0, 0.05) is 7.11 Å². The highest BCUT2D eigenvalue weighted by Gasteiger charge is 2.16. The zero-order chi connectivity index (χ0) is 12.8. The summed E-state index contributed by atoms with van der Waals surface area (Å²) in [5.74, 6) is 0. The molecule has 0 aliphatic heterocycles. The van der Waals surface area contributed by atoms with Crippen LogP contribution in [0.3, 0.4) is 0 Å². The first kappa shape index (κ1) is 13.3. The Morgan fingerprint density at radius 3 is 2.56 bits per heavy atom. The summed E-state index contributed by atoms with van der Waals surface area (Å²) in [6.07, 6.45) is 0. The van der Waals surface area contributed by atoms with E-state index in [1.807, 2.05) is 0 Å². The third kappa shape index (κ3) is 2.99. The molecule has 0 N–H and O–H groups in total. The number of rotatable bonds is 6. The fraction of sp³-hybridized carbons (Fsp3) is 0.333. The molecule has 0 saturated carbocycles. The van der Waals surface area contributed by atoms with Gasteiger partial charge in [0.2, 0.25) is 9.04 Å². The van der Waals surface area contributed by atoms with E-state index in [1.165, 1.54) is 16.0 Å². The van der Waals surface area contributed by atoms with Gasteiger partial charge in [-0.05, 0) is 22.0 Å². The van der Waals surface area contributed by atoms with Crippen LogP contribution in [0.25, 0.3) is 10.8 Å². The standard InChI is InChI=1S/C15H19O2Si/c1-3-18(17-12-11-16-2)15-10-6-8-13-7-4-5-9-14(13)15/h4-10H,3,11-12H2,1-2H3. The third-order valence-corrected chi connectivity index (χ3v) is 5.21. The van der Waals surface area contributed by atoms with Gasteiger partial charge in [0.15, 0.2) is 0 Å². The molecule has 0 bridgehead atoms. The summed E-state index contributed by atoms with van der Waals surface area (Å²) in [4.78, 5) is 0. The number of ether oxygens (including phenoxy) is 1. The van der Waals surface area contributed by atoms with Crippen molar-refractivity contribution in [2.75, 3.05) is 20.3 Å². The SMILES string of the molecule is CC[Si](OCCOC)c1cccc2ccccc12. The Balaban J connectivity index is 2.27. The Hall–Kier alpha value is -1.16. The first-order valence-electron chi connectivity index (χ1n) is 6.32. The molecule has 0 spiro atoms. The van der Waals surface area contributed by atoms with Crippen molar-refractivity contribution in [2.45, 2.75) is 13.0 Å². The summed E-state index contributed by atoms with van der Waals surface area (Å²) in [5, 5.41) is 3.99. The lowest BCUT2D eigenvalue weighted by atomic mass is 10.1. The maximum atomic E-state index is 6.00. The molecule has 18 heavy (non-hydrogen) atoms. The fourth-order valence-electron chi connectivity index (χ4n) is 2.09. The normalized spacial score (nSPS) is 11.3. The van der Waals surface area contributed by atoms with Gasteiger partial charge in [-0.2, -0.15) is 0 Å². The molecular formula is C15H19O2Si. The molecule has 0 heterocycles. The number of fused-ring (bicyclic) bond motifs is 1. The lowest BCUT2D eigenvalue weighted by Crippen LogP contribution is -2.34. The molecule has 0 amide bonds. The first-order chi connectivity index (χ1) is 8.86. The molecule has 0 fully saturated rings. The summed E-state index contributed by atoms with van der Waals surface area (Å²) < 4.78 is 11.1. The van der Waals surface area contributed by atoms with Gasteiger partial charge in [0.05, 0.1) is 13.2 Å². The van der Waals surface area contributed by atoms with Gasteiger partial charge in [0.1, 0.15) is 0 Å². The Morgan fingerprint density at radius 1 is 1.00 bits per heavy atom. The highest BCUT2D eigenvalue weighted by molar-refractivity contribution is 6.70. The second-order valence-corrected chi connectivity index (χ2v) is 6.53. The molecule has 2 aromatic rings. The van der Waals surface area contributed by atoms with Gasteiger partial charge in [-0.25, -0.2) is 0 Å². The van der Waals surface area contributed by atoms with E-state index >= 15 is 0 Å². The quantitative estimate of drug-likeness (QED) is 0.586. The average Bonchev–Trinajstić information content (AvgIpc) is 2.43. The van der Waals surface area contributed by atoms with Crippen molar-refractivity contribution in [1.29, 1.82) is 0 Å². The molecule has 0 saturated heterocycles. The number of hydrogen-bond acceptors (Lipinski definition) is 2. The predicted molar refractivity (Wildman–Crippen MR) is 77.6 cm³/mol. The minimum Gasteiger partial charge on any atom is -0.409 e. The Kier molecular flexibility index (Phi) is 4.93. The molecule has 95 valence electrons. The second-order valence-electron chi connectivity index (χ2n) is 4.14. The summed E-state index contributed by atoms with van der Waals surface area (Å²) in [7, 11) is 0.769. The van der Waals surface area contributed by atoms with E-state index in [-0.39, 0.29) is 0 Å². The summed E-state index contributed by atoms with van der Waals surface area (Å²) in [6, 6.07) is 16.1. The second kappa shape index (κ2) is 6.68. The van der Waals surface area contributed by atoms with Crippen LogP contribution in [-0.4, -0.2) is 29.4 Å². The minimum absolute atomic E-state index is 0.666. The molecule has 0 atom stereocenters. The molecule has 0 aliphatic rings. The molecule has 2 nitrogen and oxygen atoms in total. The van der Waals surface area contributed by atoms with Crippen molar-refractivity contribution in [3.8, 4) is 0 Å². The third-order valence-electron chi connectivity index (χ3n) is 2.97. The number of hydrogen-bond donors (Lipinski definition) is 0. The van der Waals surface area contributed by atoms with Crippen molar-refractivity contribution in [1.82, 2.24) is 0 Å². The van der Waals surface area contributed by atoms with Crippen LogP contribution in [0.5, 0.6) is 0 Å². The molecule has 2 aromatic carbocycles. The van der Waals surface area contributed by atoms with Gasteiger partial charge in [-0.3, -0.25) is 0 Å². The zero-order valence-corrected chi connectivity index (χ0v) is 12.0. The smallest absolute Gasteiger partial charge is 0.247 e. The monoisotopic (exact) mass is 259 g/mol. The molecular weight excluding hydrogens is 240 g/mol. The van der Waals surface area contributed by atoms with E-state index in [4.69, 9.17) is 9.16 Å². The van der Waals surface area contributed by atoms with E-state index in [2.05, 4.69) is 49.4 Å². The van der Waals surface area contributed by atoms with Crippen LogP contribution in [0.4, 0.5) is 0 Å². The predicted octanol–water partition coefficient (Wildman–Crippen LogP) is 2.72. The minimum atomic E-state index is -0.939. The molecule has 0 aliphatic carbocycles. The lowest BCUT2D eigenvalue weighted by molar-refractivity contribution is 0.147. The Labute approximate surface area is 110 Å². The maximum Gasteiger partial charge on any atom is 0.247 e. The van der Waals surface area contributed by atoms with Gasteiger partial charge in [0.25, 0.3) is 0 Å². The van der Waals surface area contributed by atoms with Crippen LogP contribution in [-0.2, 0) is 9.16 Å². The summed E-state index contributed by atoms with van der Waals surface area (Å²) in [6.45, 7) is 3.55. The van der Waals surface area contributed by atoms with Gasteiger partial charge in [-0.1, -0.05) is 49.4 Å². The molecule has 3 heteroatoms. The molecule has 0 aromatic heterocycles. The van der Waals surface area contributed by atoms with E-state index in [9.17, 15) is 0 Å². The van der Waals surface area contributed by atoms with Gasteiger partial charge >= 0.3 is 0 Å². The van der Waals surface area contributed by atoms with Crippen molar-refractivity contribution >= 4 is 25.0 Å². The van der Waals surface area contributed by atoms with Gasteiger partial charge < -0.3 is 9.16 Å². The van der Waals surface area contributed by atoms with Gasteiger partial charge in [-0.15, -0.1) is 0 Å². The molecule has 2 rings (SSSR count). The fourth-order valence-corrected chi connectivity index (χ4v) is 3.97. The van der Waals surface area contributed by atoms with Crippen LogP contribution in [0.1, 0.15) is 6.92 Å². The van der Waals surface area contributed by atoms with Crippen LogP contribution in [0, 0.1) is 0 Å². The lowest BCUT2D eigenvalue weighted by Gasteiger charge is -2.15. The average molecular weight is 259 g/mol. The van der Waals surface area contributed by atoms with E-state index < -0.39 is 9.04 Å². The first-order valence-corrected chi connectivity index (χ1v) is 7.94. The summed E-state index contributed by atoms with van der Waals surface area (Å²) in [5.41, 5.74) is 0. The highest BCUT2D eigenvalue weighted by atomic mass is 28.3. The van der Waals surface area contributed by atoms with Crippen LogP contribution in [0.15, 0.2) is 42.5 Å². The van der Waals surface area contributed by atoms with Crippen molar-refractivity contribution < 1.29 is 9.16 Å². The van der Waals surface area contributed by atoms with Crippen molar-refractivity contribution in [2.24, 2.45) is 0 Å². The van der Waals surface area contributed by atoms with Crippen molar-refractivity contribution in [3.05, 3.63) is 42.5 Å². The maximum absolute atomic E-state index is 6.00. The van der Waals surface area contributed by atoms with E-state index in [0.717, 1.165) is 6.04 Å². The van der Waals surface area contributed by atoms with Crippen LogP contribution in [0.2, 0.25) is 6.04 Å². The number of benzene rings is 2.